The van der Waals surface area contributed by atoms with Gasteiger partial charge in [0.2, 0.25) is 0 Å². The van der Waals surface area contributed by atoms with Crippen LogP contribution in [0.5, 0.6) is 0 Å². The molecule has 88 valence electrons. The lowest BCUT2D eigenvalue weighted by molar-refractivity contribution is 0.0664. The summed E-state index contributed by atoms with van der Waals surface area (Å²) in [4.78, 5) is 16.2. The third-order valence-corrected chi connectivity index (χ3v) is 2.81. The van der Waals surface area contributed by atoms with E-state index in [9.17, 15) is 4.79 Å². The maximum atomic E-state index is 12.0. The molecular weight excluding hydrogens is 224 g/mol. The molecule has 1 aliphatic rings. The van der Waals surface area contributed by atoms with E-state index in [1.165, 1.54) is 0 Å². The average molecular weight is 241 g/mol. The number of carbonyl (C=O) groups is 1. The maximum absolute atomic E-state index is 12.0. The smallest absolute Gasteiger partial charge is 0.253 e. The largest absolute Gasteiger partial charge is 0.336 e. The molecule has 1 amide bonds. The van der Waals surface area contributed by atoms with Crippen molar-refractivity contribution in [2.75, 3.05) is 33.2 Å². The Morgan fingerprint density at radius 2 is 1.62 bits per heavy atom. The van der Waals surface area contributed by atoms with Crippen molar-refractivity contribution in [3.63, 3.8) is 0 Å². The Kier molecular flexibility index (Phi) is 4.77. The molecule has 1 aromatic carbocycles. The predicted molar refractivity (Wildman–Crippen MR) is 67.1 cm³/mol. The minimum Gasteiger partial charge on any atom is -0.336 e. The van der Waals surface area contributed by atoms with Crippen molar-refractivity contribution < 1.29 is 4.79 Å². The molecule has 1 fully saturated rings. The summed E-state index contributed by atoms with van der Waals surface area (Å²) in [5, 5.41) is 0. The first-order valence-corrected chi connectivity index (χ1v) is 5.30. The average Bonchev–Trinajstić information content (AvgIpc) is 2.30. The molecule has 2 rings (SSSR count). The Bertz CT molecular complexity index is 334. The second kappa shape index (κ2) is 5.87. The van der Waals surface area contributed by atoms with Gasteiger partial charge >= 0.3 is 0 Å². The van der Waals surface area contributed by atoms with Crippen LogP contribution in [-0.4, -0.2) is 48.9 Å². The van der Waals surface area contributed by atoms with Gasteiger partial charge in [0.1, 0.15) is 0 Å². The van der Waals surface area contributed by atoms with Crippen LogP contribution in [-0.2, 0) is 0 Å². The van der Waals surface area contributed by atoms with Crippen LogP contribution >= 0.6 is 12.4 Å². The highest BCUT2D eigenvalue weighted by atomic mass is 35.5. The third-order valence-electron chi connectivity index (χ3n) is 2.81. The van der Waals surface area contributed by atoms with Crippen LogP contribution in [0.15, 0.2) is 30.3 Å². The SMILES string of the molecule is CN1CCN(C(=O)c2ccccc2)CC1.Cl. The zero-order valence-electron chi connectivity index (χ0n) is 9.43. The molecule has 1 aliphatic heterocycles. The molecule has 0 saturated carbocycles. The van der Waals surface area contributed by atoms with Gasteiger partial charge in [-0.2, -0.15) is 0 Å². The van der Waals surface area contributed by atoms with Crippen molar-refractivity contribution in [2.24, 2.45) is 0 Å². The first kappa shape index (κ1) is 13.0. The number of amides is 1. The Morgan fingerprint density at radius 1 is 1.06 bits per heavy atom. The topological polar surface area (TPSA) is 23.6 Å². The standard InChI is InChI=1S/C12H16N2O.ClH/c1-13-7-9-14(10-8-13)12(15)11-5-3-2-4-6-11;/h2-6H,7-10H2,1H3;1H. The first-order chi connectivity index (χ1) is 7.27. The number of nitrogens with zero attached hydrogens (tertiary/aromatic N) is 2. The Balaban J connectivity index is 0.00000128. The van der Waals surface area contributed by atoms with Gasteiger partial charge in [0, 0.05) is 31.7 Å². The number of benzene rings is 1. The summed E-state index contributed by atoms with van der Waals surface area (Å²) in [6.07, 6.45) is 0. The van der Waals surface area contributed by atoms with Crippen molar-refractivity contribution in [3.8, 4) is 0 Å². The lowest BCUT2D eigenvalue weighted by atomic mass is 10.2. The summed E-state index contributed by atoms with van der Waals surface area (Å²) >= 11 is 0. The van der Waals surface area contributed by atoms with Crippen molar-refractivity contribution in [1.82, 2.24) is 9.80 Å². The maximum Gasteiger partial charge on any atom is 0.253 e. The van der Waals surface area contributed by atoms with E-state index >= 15 is 0 Å². The second-order valence-corrected chi connectivity index (χ2v) is 3.96. The number of rotatable bonds is 1. The summed E-state index contributed by atoms with van der Waals surface area (Å²) in [6.45, 7) is 3.62. The van der Waals surface area contributed by atoms with Crippen LogP contribution in [0, 0.1) is 0 Å². The number of halogens is 1. The van der Waals surface area contributed by atoms with Gasteiger partial charge in [-0.1, -0.05) is 18.2 Å². The van der Waals surface area contributed by atoms with Crippen LogP contribution in [0.2, 0.25) is 0 Å². The van der Waals surface area contributed by atoms with Crippen molar-refractivity contribution >= 4 is 18.3 Å². The van der Waals surface area contributed by atoms with Gasteiger partial charge in [0.25, 0.3) is 5.91 Å². The highest BCUT2D eigenvalue weighted by Crippen LogP contribution is 2.07. The lowest BCUT2D eigenvalue weighted by Crippen LogP contribution is -2.47. The van der Waals surface area contributed by atoms with Gasteiger partial charge in [0.15, 0.2) is 0 Å². The summed E-state index contributed by atoms with van der Waals surface area (Å²) in [7, 11) is 2.09. The normalized spacial score (nSPS) is 16.7. The van der Waals surface area contributed by atoms with Crippen molar-refractivity contribution in [1.29, 1.82) is 0 Å². The van der Waals surface area contributed by atoms with Crippen molar-refractivity contribution in [3.05, 3.63) is 35.9 Å². The molecule has 4 heteroatoms. The summed E-state index contributed by atoms with van der Waals surface area (Å²) in [6, 6.07) is 9.49. The molecule has 1 saturated heterocycles. The van der Waals surface area contributed by atoms with Gasteiger partial charge in [-0.25, -0.2) is 0 Å². The monoisotopic (exact) mass is 240 g/mol. The zero-order valence-corrected chi connectivity index (χ0v) is 10.2. The van der Waals surface area contributed by atoms with E-state index in [0.717, 1.165) is 31.7 Å². The van der Waals surface area contributed by atoms with Crippen LogP contribution < -0.4 is 0 Å². The molecule has 0 unspecified atom stereocenters. The Hall–Kier alpha value is -1.06. The molecule has 1 aromatic rings. The second-order valence-electron chi connectivity index (χ2n) is 3.96. The minimum absolute atomic E-state index is 0. The fourth-order valence-corrected chi connectivity index (χ4v) is 1.77. The van der Waals surface area contributed by atoms with Gasteiger partial charge in [0.05, 0.1) is 0 Å². The quantitative estimate of drug-likeness (QED) is 0.743. The molecule has 0 spiro atoms. The zero-order chi connectivity index (χ0) is 10.7. The summed E-state index contributed by atoms with van der Waals surface area (Å²) < 4.78 is 0. The molecule has 0 aromatic heterocycles. The molecule has 3 nitrogen and oxygen atoms in total. The van der Waals surface area contributed by atoms with Gasteiger partial charge in [-0.3, -0.25) is 4.79 Å². The van der Waals surface area contributed by atoms with E-state index in [1.807, 2.05) is 35.2 Å². The van der Waals surface area contributed by atoms with Crippen molar-refractivity contribution in [2.45, 2.75) is 0 Å². The predicted octanol–water partition coefficient (Wildman–Crippen LogP) is 1.50. The number of piperazine rings is 1. The minimum atomic E-state index is 0. The van der Waals surface area contributed by atoms with Crippen LogP contribution in [0.4, 0.5) is 0 Å². The van der Waals surface area contributed by atoms with E-state index < -0.39 is 0 Å². The Morgan fingerprint density at radius 3 is 2.19 bits per heavy atom. The van der Waals surface area contributed by atoms with Crippen LogP contribution in [0.3, 0.4) is 0 Å². The summed E-state index contributed by atoms with van der Waals surface area (Å²) in [5.41, 5.74) is 0.794. The van der Waals surface area contributed by atoms with Gasteiger partial charge in [-0.05, 0) is 19.2 Å². The number of hydrogen-bond acceptors (Lipinski definition) is 2. The van der Waals surface area contributed by atoms with Crippen LogP contribution in [0.25, 0.3) is 0 Å². The molecule has 0 N–H and O–H groups in total. The number of hydrogen-bond donors (Lipinski definition) is 0. The summed E-state index contributed by atoms with van der Waals surface area (Å²) in [5.74, 6) is 0.156. The fraction of sp³-hybridized carbons (Fsp3) is 0.417. The van der Waals surface area contributed by atoms with Gasteiger partial charge < -0.3 is 9.80 Å². The Labute approximate surface area is 102 Å². The highest BCUT2D eigenvalue weighted by molar-refractivity contribution is 5.94. The molecule has 0 atom stereocenters. The first-order valence-electron chi connectivity index (χ1n) is 5.30. The fourth-order valence-electron chi connectivity index (χ4n) is 1.77. The van der Waals surface area contributed by atoms with Gasteiger partial charge in [-0.15, -0.1) is 12.4 Å². The van der Waals surface area contributed by atoms with E-state index in [4.69, 9.17) is 0 Å². The molecule has 0 aliphatic carbocycles. The lowest BCUT2D eigenvalue weighted by Gasteiger charge is -2.32. The number of likely N-dealkylation sites (N-methyl/N-ethyl adjacent to an activating group) is 1. The van der Waals surface area contributed by atoms with E-state index in [0.29, 0.717) is 0 Å². The number of carbonyl (C=O) groups excluding carboxylic acids is 1. The van der Waals surface area contributed by atoms with E-state index in [2.05, 4.69) is 11.9 Å². The third kappa shape index (κ3) is 2.97. The van der Waals surface area contributed by atoms with Crippen LogP contribution in [0.1, 0.15) is 10.4 Å². The molecule has 0 radical (unpaired) electrons. The molecule has 1 heterocycles. The van der Waals surface area contributed by atoms with E-state index in [-0.39, 0.29) is 18.3 Å². The molecular formula is C12H17ClN2O. The molecule has 16 heavy (non-hydrogen) atoms. The highest BCUT2D eigenvalue weighted by Gasteiger charge is 2.19. The van der Waals surface area contributed by atoms with E-state index in [1.54, 1.807) is 0 Å². The molecule has 0 bridgehead atoms.